The van der Waals surface area contributed by atoms with Crippen molar-refractivity contribution in [2.75, 3.05) is 38.8 Å². The fourth-order valence-electron chi connectivity index (χ4n) is 3.53. The molecule has 1 aromatic carbocycles. The van der Waals surface area contributed by atoms with Gasteiger partial charge >= 0.3 is 0 Å². The van der Waals surface area contributed by atoms with Crippen LogP contribution in [-0.2, 0) is 16.4 Å². The molecule has 0 unspecified atom stereocenters. The molecule has 2 aliphatic heterocycles. The summed E-state index contributed by atoms with van der Waals surface area (Å²) in [4.78, 5) is 4.22. The molecule has 0 saturated carbocycles. The molecule has 0 amide bonds. The summed E-state index contributed by atoms with van der Waals surface area (Å²) < 4.78 is 42.9. The molecule has 1 aromatic rings. The highest BCUT2D eigenvalue weighted by Gasteiger charge is 2.45. The summed E-state index contributed by atoms with van der Waals surface area (Å²) >= 11 is 6.04. The molecule has 128 valence electrons. The van der Waals surface area contributed by atoms with Crippen LogP contribution in [0.2, 0.25) is 5.02 Å². The molecule has 0 aliphatic carbocycles. The zero-order valence-electron chi connectivity index (χ0n) is 13.1. The van der Waals surface area contributed by atoms with E-state index in [0.717, 1.165) is 18.7 Å². The molecule has 0 aromatic heterocycles. The first-order chi connectivity index (χ1) is 10.8. The normalized spacial score (nSPS) is 27.8. The molecule has 5 nitrogen and oxygen atoms in total. The van der Waals surface area contributed by atoms with Gasteiger partial charge in [0.05, 0.1) is 23.6 Å². The van der Waals surface area contributed by atoms with Crippen LogP contribution in [0.25, 0.3) is 0 Å². The van der Waals surface area contributed by atoms with Crippen LogP contribution in [0, 0.1) is 5.82 Å². The van der Waals surface area contributed by atoms with Crippen LogP contribution in [-0.4, -0.2) is 69.1 Å². The zero-order chi connectivity index (χ0) is 16.8. The van der Waals surface area contributed by atoms with Gasteiger partial charge in [0.1, 0.15) is 0 Å². The smallest absolute Gasteiger partial charge is 0.173 e. The number of fused-ring (bicyclic) bond motifs is 1. The molecule has 0 radical (unpaired) electrons. The Balaban J connectivity index is 1.83. The average Bonchev–Trinajstić information content (AvgIpc) is 2.78. The number of nitrogens with zero attached hydrogens (tertiary/aromatic N) is 2. The van der Waals surface area contributed by atoms with E-state index in [2.05, 4.69) is 9.80 Å². The Morgan fingerprint density at radius 1 is 1.30 bits per heavy atom. The van der Waals surface area contributed by atoms with E-state index in [9.17, 15) is 12.8 Å². The highest BCUT2D eigenvalue weighted by Crippen LogP contribution is 2.31. The van der Waals surface area contributed by atoms with E-state index in [0.29, 0.717) is 6.54 Å². The lowest BCUT2D eigenvalue weighted by molar-refractivity contribution is 0.0572. The lowest BCUT2D eigenvalue weighted by Crippen LogP contribution is -2.57. The maximum Gasteiger partial charge on any atom is 0.173 e. The maximum atomic E-state index is 14.0. The lowest BCUT2D eigenvalue weighted by atomic mass is 10.0. The summed E-state index contributed by atoms with van der Waals surface area (Å²) in [6.45, 7) is 2.02. The number of hydrogen-bond acceptors (Lipinski definition) is 5. The van der Waals surface area contributed by atoms with E-state index < -0.39 is 15.7 Å². The first-order valence-corrected chi connectivity index (χ1v) is 9.67. The number of benzene rings is 1. The predicted molar refractivity (Wildman–Crippen MR) is 87.2 cm³/mol. The Hall–Kier alpha value is -0.890. The summed E-state index contributed by atoms with van der Waals surface area (Å²) in [5, 5.41) is 0.229. The Labute approximate surface area is 140 Å². The highest BCUT2D eigenvalue weighted by atomic mass is 35.5. The first kappa shape index (κ1) is 17.0. The van der Waals surface area contributed by atoms with Gasteiger partial charge in [-0.1, -0.05) is 11.6 Å². The highest BCUT2D eigenvalue weighted by molar-refractivity contribution is 7.91. The van der Waals surface area contributed by atoms with E-state index in [-0.39, 0.29) is 34.4 Å². The number of rotatable bonds is 3. The minimum Gasteiger partial charge on any atom is -0.492 e. The molecule has 0 spiro atoms. The van der Waals surface area contributed by atoms with Crippen LogP contribution in [0.15, 0.2) is 12.1 Å². The van der Waals surface area contributed by atoms with Crippen molar-refractivity contribution < 1.29 is 17.5 Å². The van der Waals surface area contributed by atoms with Crippen LogP contribution in [0.4, 0.5) is 4.39 Å². The van der Waals surface area contributed by atoms with Crippen molar-refractivity contribution in [2.45, 2.75) is 18.6 Å². The first-order valence-electron chi connectivity index (χ1n) is 7.47. The Morgan fingerprint density at radius 3 is 2.65 bits per heavy atom. The van der Waals surface area contributed by atoms with Gasteiger partial charge in [-0.05, 0) is 24.7 Å². The Bertz CT molecular complexity index is 690. The number of piperazine rings is 1. The number of ether oxygens (including phenoxy) is 1. The standard InChI is InChI=1S/C15H20ClFN2O3S/c1-18-3-4-19(14-9-23(20,21)8-13(14)18)7-10-5-11(16)15(22-2)12(17)6-10/h5-6,13-14H,3-4,7-9H2,1-2H3/t13-,14+/m0/s1. The van der Waals surface area contributed by atoms with Gasteiger partial charge in [-0.2, -0.15) is 0 Å². The lowest BCUT2D eigenvalue weighted by Gasteiger charge is -2.42. The maximum absolute atomic E-state index is 14.0. The van der Waals surface area contributed by atoms with Gasteiger partial charge in [0.15, 0.2) is 21.4 Å². The number of hydrogen-bond donors (Lipinski definition) is 0. The van der Waals surface area contributed by atoms with Gasteiger partial charge in [-0.25, -0.2) is 12.8 Å². The summed E-state index contributed by atoms with van der Waals surface area (Å²) in [5.41, 5.74) is 0.723. The second-order valence-electron chi connectivity index (χ2n) is 6.26. The van der Waals surface area contributed by atoms with E-state index >= 15 is 0 Å². The van der Waals surface area contributed by atoms with Gasteiger partial charge in [-0.15, -0.1) is 0 Å². The second-order valence-corrected chi connectivity index (χ2v) is 8.82. The topological polar surface area (TPSA) is 49.9 Å². The number of methoxy groups -OCH3 is 1. The van der Waals surface area contributed by atoms with Gasteiger partial charge < -0.3 is 4.74 Å². The van der Waals surface area contributed by atoms with E-state index in [4.69, 9.17) is 16.3 Å². The predicted octanol–water partition coefficient (Wildman–Crippen LogP) is 1.40. The van der Waals surface area contributed by atoms with Crippen LogP contribution < -0.4 is 4.74 Å². The van der Waals surface area contributed by atoms with Crippen molar-refractivity contribution in [1.29, 1.82) is 0 Å². The van der Waals surface area contributed by atoms with Crippen molar-refractivity contribution in [2.24, 2.45) is 0 Å². The molecule has 2 saturated heterocycles. The minimum atomic E-state index is -3.02. The Morgan fingerprint density at radius 2 is 2.00 bits per heavy atom. The molecule has 2 aliphatic rings. The molecule has 3 rings (SSSR count). The third-order valence-corrected chi connectivity index (χ3v) is 6.70. The molecule has 2 fully saturated rings. The molecule has 0 N–H and O–H groups in total. The van der Waals surface area contributed by atoms with Crippen LogP contribution >= 0.6 is 11.6 Å². The summed E-state index contributed by atoms with van der Waals surface area (Å²) in [6.07, 6.45) is 0. The van der Waals surface area contributed by atoms with Crippen molar-refractivity contribution in [3.63, 3.8) is 0 Å². The van der Waals surface area contributed by atoms with Gasteiger partial charge in [0, 0.05) is 31.7 Å². The monoisotopic (exact) mass is 362 g/mol. The minimum absolute atomic E-state index is 0.00678. The molecule has 23 heavy (non-hydrogen) atoms. The van der Waals surface area contributed by atoms with Crippen molar-refractivity contribution in [1.82, 2.24) is 9.80 Å². The van der Waals surface area contributed by atoms with E-state index in [1.807, 2.05) is 7.05 Å². The fraction of sp³-hybridized carbons (Fsp3) is 0.600. The van der Waals surface area contributed by atoms with Crippen molar-refractivity contribution in [3.05, 3.63) is 28.5 Å². The third-order valence-electron chi connectivity index (χ3n) is 4.72. The fourth-order valence-corrected chi connectivity index (χ4v) is 5.92. The van der Waals surface area contributed by atoms with Crippen molar-refractivity contribution >= 4 is 21.4 Å². The SMILES string of the molecule is COc1c(F)cc(CN2CCN(C)[C@H]3CS(=O)(=O)C[C@H]32)cc1Cl. The van der Waals surface area contributed by atoms with E-state index in [1.54, 1.807) is 6.07 Å². The largest absolute Gasteiger partial charge is 0.492 e. The van der Waals surface area contributed by atoms with Gasteiger partial charge in [-0.3, -0.25) is 9.80 Å². The third kappa shape index (κ3) is 3.33. The molecule has 8 heteroatoms. The summed E-state index contributed by atoms with van der Waals surface area (Å²) in [7, 11) is 0.314. The Kier molecular flexibility index (Phi) is 4.57. The zero-order valence-corrected chi connectivity index (χ0v) is 14.7. The second kappa shape index (κ2) is 6.20. The summed E-state index contributed by atoms with van der Waals surface area (Å²) in [6, 6.07) is 3.04. The number of sulfone groups is 1. The molecular formula is C15H20ClFN2O3S. The quantitative estimate of drug-likeness (QED) is 0.813. The van der Waals surface area contributed by atoms with Gasteiger partial charge in [0.2, 0.25) is 0 Å². The number of likely N-dealkylation sites (N-methyl/N-ethyl adjacent to an activating group) is 1. The average molecular weight is 363 g/mol. The van der Waals surface area contributed by atoms with Gasteiger partial charge in [0.25, 0.3) is 0 Å². The van der Waals surface area contributed by atoms with Crippen LogP contribution in [0.5, 0.6) is 5.75 Å². The summed E-state index contributed by atoms with van der Waals surface area (Å²) in [5.74, 6) is -0.105. The van der Waals surface area contributed by atoms with Crippen LogP contribution in [0.1, 0.15) is 5.56 Å². The molecule has 2 atom stereocenters. The van der Waals surface area contributed by atoms with E-state index in [1.165, 1.54) is 13.2 Å². The number of halogens is 2. The van der Waals surface area contributed by atoms with Crippen LogP contribution in [0.3, 0.4) is 0 Å². The molecule has 2 heterocycles. The molecular weight excluding hydrogens is 343 g/mol. The molecule has 0 bridgehead atoms. The van der Waals surface area contributed by atoms with Crippen molar-refractivity contribution in [3.8, 4) is 5.75 Å².